The highest BCUT2D eigenvalue weighted by Crippen LogP contribution is 2.29. The Balaban J connectivity index is 2.38. The summed E-state index contributed by atoms with van der Waals surface area (Å²) in [5.41, 5.74) is 0.899. The van der Waals surface area contributed by atoms with Crippen LogP contribution < -0.4 is 0 Å². The predicted molar refractivity (Wildman–Crippen MR) is 83.6 cm³/mol. The van der Waals surface area contributed by atoms with Crippen molar-refractivity contribution < 1.29 is 28.0 Å². The highest BCUT2D eigenvalue weighted by molar-refractivity contribution is 7.89. The average Bonchev–Trinajstić information content (AvgIpc) is 2.99. The monoisotopic (exact) mass is 356 g/mol. The smallest absolute Gasteiger partial charge is 0.324 e. The van der Waals surface area contributed by atoms with E-state index in [9.17, 15) is 23.2 Å². The summed E-state index contributed by atoms with van der Waals surface area (Å²) in [4.78, 5) is 23.4. The number of sulfonamides is 1. The molecule has 2 rings (SSSR count). The molecule has 0 aliphatic carbocycles. The van der Waals surface area contributed by atoms with Crippen molar-refractivity contribution in [2.75, 3.05) is 13.7 Å². The van der Waals surface area contributed by atoms with Gasteiger partial charge in [-0.15, -0.1) is 0 Å². The maximum absolute atomic E-state index is 12.8. The molecule has 1 heterocycles. The number of amides is 1. The van der Waals surface area contributed by atoms with Crippen LogP contribution in [0.4, 0.5) is 0 Å². The third-order valence-electron chi connectivity index (χ3n) is 4.00. The third-order valence-corrected chi connectivity index (χ3v) is 5.89. The summed E-state index contributed by atoms with van der Waals surface area (Å²) in [5.74, 6) is -1.36. The number of hydroxylamine groups is 2. The molecule has 0 bridgehead atoms. The first-order chi connectivity index (χ1) is 11.2. The normalized spacial score (nSPS) is 21.5. The summed E-state index contributed by atoms with van der Waals surface area (Å²) in [5, 5.41) is 10.3. The number of esters is 1. The van der Waals surface area contributed by atoms with E-state index in [0.717, 1.165) is 23.9 Å². The quantitative estimate of drug-likeness (QED) is 0.480. The number of carbonyl (C=O) groups is 2. The molecule has 1 amide bonds. The first kappa shape index (κ1) is 18.4. The molecule has 0 saturated carbocycles. The molecule has 1 aliphatic heterocycles. The van der Waals surface area contributed by atoms with Gasteiger partial charge in [-0.3, -0.25) is 14.8 Å². The second kappa shape index (κ2) is 6.88. The Kier molecular flexibility index (Phi) is 5.26. The zero-order chi connectivity index (χ0) is 18.1. The molecule has 1 aromatic rings. The highest BCUT2D eigenvalue weighted by atomic mass is 32.2. The second-order valence-electron chi connectivity index (χ2n) is 5.68. The molecule has 1 aliphatic rings. The summed E-state index contributed by atoms with van der Waals surface area (Å²) >= 11 is 0. The summed E-state index contributed by atoms with van der Waals surface area (Å²) in [6, 6.07) is 4.30. The molecule has 1 fully saturated rings. The van der Waals surface area contributed by atoms with Crippen LogP contribution >= 0.6 is 0 Å². The minimum Gasteiger partial charge on any atom is -0.468 e. The molecule has 1 aromatic carbocycles. The number of benzene rings is 1. The van der Waals surface area contributed by atoms with Crippen molar-refractivity contribution in [2.45, 2.75) is 37.2 Å². The molecule has 0 radical (unpaired) electrons. The van der Waals surface area contributed by atoms with E-state index >= 15 is 0 Å². The van der Waals surface area contributed by atoms with Crippen molar-refractivity contribution >= 4 is 21.9 Å². The molecule has 0 aromatic heterocycles. The third kappa shape index (κ3) is 3.42. The fraction of sp³-hybridized carbons (Fsp3) is 0.467. The Morgan fingerprint density at radius 3 is 2.38 bits per heavy atom. The molecule has 9 heteroatoms. The maximum Gasteiger partial charge on any atom is 0.324 e. The molecule has 1 saturated heterocycles. The van der Waals surface area contributed by atoms with Gasteiger partial charge in [0.2, 0.25) is 15.9 Å². The van der Waals surface area contributed by atoms with Gasteiger partial charge in [0.15, 0.2) is 0 Å². The molecule has 0 unspecified atom stereocenters. The SMILES string of the molecule is COC(=O)[C@@H]1C[C@@H](N(O)C(C)=O)CN1S(=O)(=O)c1ccc(C)cc1. The van der Waals surface area contributed by atoms with Gasteiger partial charge in [0.05, 0.1) is 18.0 Å². The van der Waals surface area contributed by atoms with Crippen molar-refractivity contribution in [2.24, 2.45) is 0 Å². The van der Waals surface area contributed by atoms with Gasteiger partial charge in [-0.05, 0) is 25.5 Å². The highest BCUT2D eigenvalue weighted by Gasteiger charge is 2.46. The van der Waals surface area contributed by atoms with Gasteiger partial charge in [-0.25, -0.2) is 13.5 Å². The molecule has 0 spiro atoms. The zero-order valence-electron chi connectivity index (χ0n) is 13.7. The van der Waals surface area contributed by atoms with E-state index in [1.165, 1.54) is 12.1 Å². The summed E-state index contributed by atoms with van der Waals surface area (Å²) in [6.07, 6.45) is -0.0339. The molecule has 132 valence electrons. The van der Waals surface area contributed by atoms with Crippen LogP contribution in [-0.4, -0.2) is 60.6 Å². The Hall–Kier alpha value is -1.97. The number of methoxy groups -OCH3 is 1. The Labute approximate surface area is 140 Å². The van der Waals surface area contributed by atoms with Gasteiger partial charge in [0, 0.05) is 13.5 Å². The van der Waals surface area contributed by atoms with E-state index in [1.54, 1.807) is 12.1 Å². The molecular formula is C15H20N2O6S. The summed E-state index contributed by atoms with van der Waals surface area (Å²) in [7, 11) is -2.81. The van der Waals surface area contributed by atoms with E-state index < -0.39 is 34.0 Å². The molecular weight excluding hydrogens is 336 g/mol. The number of hydrogen-bond acceptors (Lipinski definition) is 6. The van der Waals surface area contributed by atoms with Gasteiger partial charge in [-0.2, -0.15) is 4.31 Å². The predicted octanol–water partition coefficient (Wildman–Crippen LogP) is 0.537. The number of aryl methyl sites for hydroxylation is 1. The standard InChI is InChI=1S/C15H20N2O6S/c1-10-4-6-13(7-5-10)24(21,22)16-9-12(17(20)11(2)18)8-14(16)15(19)23-3/h4-7,12,14,20H,8-9H2,1-3H3/t12-,14+/m1/s1. The molecule has 24 heavy (non-hydrogen) atoms. The van der Waals surface area contributed by atoms with Crippen molar-refractivity contribution in [1.82, 2.24) is 9.37 Å². The molecule has 2 atom stereocenters. The van der Waals surface area contributed by atoms with Crippen LogP contribution in [-0.2, 0) is 24.3 Å². The van der Waals surface area contributed by atoms with Crippen LogP contribution in [0, 0.1) is 6.92 Å². The number of hydrogen-bond donors (Lipinski definition) is 1. The lowest BCUT2D eigenvalue weighted by molar-refractivity contribution is -0.172. The van der Waals surface area contributed by atoms with E-state index in [0.29, 0.717) is 5.06 Å². The Morgan fingerprint density at radius 2 is 1.88 bits per heavy atom. The lowest BCUT2D eigenvalue weighted by Gasteiger charge is -2.22. The van der Waals surface area contributed by atoms with Crippen molar-refractivity contribution in [3.05, 3.63) is 29.8 Å². The van der Waals surface area contributed by atoms with Crippen LogP contribution in [0.15, 0.2) is 29.2 Å². The summed E-state index contributed by atoms with van der Waals surface area (Å²) < 4.78 is 31.3. The maximum atomic E-state index is 12.8. The van der Waals surface area contributed by atoms with E-state index in [4.69, 9.17) is 0 Å². The van der Waals surface area contributed by atoms with Gasteiger partial charge < -0.3 is 4.74 Å². The summed E-state index contributed by atoms with van der Waals surface area (Å²) in [6.45, 7) is 2.80. The molecule has 8 nitrogen and oxygen atoms in total. The fourth-order valence-electron chi connectivity index (χ4n) is 2.68. The minimum absolute atomic E-state index is 0.0339. The first-order valence-electron chi connectivity index (χ1n) is 7.33. The van der Waals surface area contributed by atoms with Gasteiger partial charge in [-0.1, -0.05) is 17.7 Å². The largest absolute Gasteiger partial charge is 0.468 e. The van der Waals surface area contributed by atoms with Gasteiger partial charge in [0.1, 0.15) is 6.04 Å². The van der Waals surface area contributed by atoms with Crippen molar-refractivity contribution in [3.63, 3.8) is 0 Å². The van der Waals surface area contributed by atoms with Crippen LogP contribution in [0.5, 0.6) is 0 Å². The fourth-order valence-corrected chi connectivity index (χ4v) is 4.31. The van der Waals surface area contributed by atoms with Crippen LogP contribution in [0.1, 0.15) is 18.9 Å². The molecule has 1 N–H and O–H groups in total. The van der Waals surface area contributed by atoms with Crippen LogP contribution in [0.25, 0.3) is 0 Å². The van der Waals surface area contributed by atoms with Gasteiger partial charge in [0.25, 0.3) is 0 Å². The zero-order valence-corrected chi connectivity index (χ0v) is 14.5. The van der Waals surface area contributed by atoms with Crippen molar-refractivity contribution in [1.29, 1.82) is 0 Å². The minimum atomic E-state index is -3.97. The van der Waals surface area contributed by atoms with E-state index in [2.05, 4.69) is 4.74 Å². The van der Waals surface area contributed by atoms with Crippen LogP contribution in [0.3, 0.4) is 0 Å². The lowest BCUT2D eigenvalue weighted by atomic mass is 10.1. The van der Waals surface area contributed by atoms with Crippen molar-refractivity contribution in [3.8, 4) is 0 Å². The first-order valence-corrected chi connectivity index (χ1v) is 8.77. The van der Waals surface area contributed by atoms with E-state index in [1.807, 2.05) is 6.92 Å². The Morgan fingerprint density at radius 1 is 1.29 bits per heavy atom. The lowest BCUT2D eigenvalue weighted by Crippen LogP contribution is -2.42. The second-order valence-corrected chi connectivity index (χ2v) is 7.57. The number of rotatable bonds is 4. The number of carbonyl (C=O) groups excluding carboxylic acids is 2. The Bertz CT molecular complexity index is 731. The van der Waals surface area contributed by atoms with E-state index in [-0.39, 0.29) is 17.9 Å². The average molecular weight is 356 g/mol. The van der Waals surface area contributed by atoms with Crippen LogP contribution in [0.2, 0.25) is 0 Å². The van der Waals surface area contributed by atoms with Gasteiger partial charge >= 0.3 is 5.97 Å². The number of nitrogens with zero attached hydrogens (tertiary/aromatic N) is 2. The number of ether oxygens (including phenoxy) is 1. The topological polar surface area (TPSA) is 104 Å².